The van der Waals surface area contributed by atoms with Crippen LogP contribution in [0, 0.1) is 5.41 Å². The van der Waals surface area contributed by atoms with Crippen molar-refractivity contribution in [3.8, 4) is 5.75 Å². The van der Waals surface area contributed by atoms with E-state index in [-0.39, 0.29) is 47.3 Å². The normalized spacial score (nSPS) is 20.0. The monoisotopic (exact) mass is 460 g/mol. The highest BCUT2D eigenvalue weighted by Crippen LogP contribution is 2.37. The number of aliphatic hydroxyl groups is 1. The lowest BCUT2D eigenvalue weighted by Crippen LogP contribution is -2.33. The van der Waals surface area contributed by atoms with Gasteiger partial charge >= 0.3 is 0 Å². The smallest absolute Gasteiger partial charge is 0.261 e. The van der Waals surface area contributed by atoms with Crippen LogP contribution in [0.5, 0.6) is 5.75 Å². The summed E-state index contributed by atoms with van der Waals surface area (Å²) in [4.78, 5) is 44.0. The minimum atomic E-state index is -0.330. The third-order valence-corrected chi connectivity index (χ3v) is 6.13. The van der Waals surface area contributed by atoms with Crippen LogP contribution in [0.3, 0.4) is 0 Å². The standard InChI is InChI=1S/C27H28N2O5/c1-27(2)15-21(28-17-8-6-9-18(14-17)34-3)24(23(31)16-27)22(30)12-7-13-29-25(32)19-10-4-5-11-20(19)26(29)33/h4-6,8-11,14,30H,7,12-13,15-16H2,1-3H3. The van der Waals surface area contributed by atoms with Gasteiger partial charge in [0.05, 0.1) is 35.2 Å². The van der Waals surface area contributed by atoms with Gasteiger partial charge in [0.25, 0.3) is 11.8 Å². The number of aliphatic hydroxyl groups excluding tert-OH is 1. The van der Waals surface area contributed by atoms with Crippen molar-refractivity contribution in [2.45, 2.75) is 39.5 Å². The van der Waals surface area contributed by atoms with Gasteiger partial charge in [-0.1, -0.05) is 32.0 Å². The summed E-state index contributed by atoms with van der Waals surface area (Å²) in [7, 11) is 1.57. The Morgan fingerprint density at radius 1 is 1.03 bits per heavy atom. The summed E-state index contributed by atoms with van der Waals surface area (Å²) in [5.74, 6) is -0.221. The second-order valence-electron chi connectivity index (χ2n) is 9.43. The second kappa shape index (κ2) is 9.25. The third kappa shape index (κ3) is 4.64. The number of rotatable bonds is 6. The molecule has 2 aliphatic rings. The van der Waals surface area contributed by atoms with Crippen molar-refractivity contribution >= 4 is 29.0 Å². The fourth-order valence-electron chi connectivity index (χ4n) is 4.52. The number of aliphatic imine (C=N–C) groups is 1. The first-order valence-corrected chi connectivity index (χ1v) is 11.3. The predicted octanol–water partition coefficient (Wildman–Crippen LogP) is 5.05. The van der Waals surface area contributed by atoms with Crippen LogP contribution in [0.2, 0.25) is 0 Å². The molecule has 1 fully saturated rings. The van der Waals surface area contributed by atoms with Gasteiger partial charge in [-0.25, -0.2) is 0 Å². The van der Waals surface area contributed by atoms with Gasteiger partial charge in [0, 0.05) is 25.5 Å². The molecule has 0 saturated heterocycles. The molecule has 1 N–H and O–H groups in total. The lowest BCUT2D eigenvalue weighted by Gasteiger charge is -2.31. The van der Waals surface area contributed by atoms with Gasteiger partial charge < -0.3 is 9.84 Å². The number of allylic oxidation sites excluding steroid dienone is 2. The predicted molar refractivity (Wildman–Crippen MR) is 129 cm³/mol. The Morgan fingerprint density at radius 2 is 1.71 bits per heavy atom. The molecule has 1 saturated carbocycles. The number of hydrogen-bond donors (Lipinski definition) is 1. The summed E-state index contributed by atoms with van der Waals surface area (Å²) >= 11 is 0. The molecule has 1 aliphatic heterocycles. The fraction of sp³-hybridized carbons (Fsp3) is 0.333. The van der Waals surface area contributed by atoms with Crippen LogP contribution >= 0.6 is 0 Å². The number of ether oxygens (including phenoxy) is 1. The van der Waals surface area contributed by atoms with Crippen LogP contribution < -0.4 is 4.74 Å². The zero-order valence-corrected chi connectivity index (χ0v) is 19.6. The average molecular weight is 461 g/mol. The summed E-state index contributed by atoms with van der Waals surface area (Å²) in [6.07, 6.45) is 1.34. The summed E-state index contributed by atoms with van der Waals surface area (Å²) in [5, 5.41) is 10.9. The number of ketones is 1. The van der Waals surface area contributed by atoms with E-state index in [4.69, 9.17) is 9.73 Å². The van der Waals surface area contributed by atoms with Gasteiger partial charge in [-0.3, -0.25) is 24.3 Å². The Bertz CT molecular complexity index is 1190. The minimum Gasteiger partial charge on any atom is -0.511 e. The molecule has 0 unspecified atom stereocenters. The van der Waals surface area contributed by atoms with Crippen molar-refractivity contribution in [1.82, 2.24) is 4.90 Å². The lowest BCUT2D eigenvalue weighted by atomic mass is 9.73. The van der Waals surface area contributed by atoms with Crippen LogP contribution in [-0.4, -0.2) is 47.0 Å². The van der Waals surface area contributed by atoms with Gasteiger partial charge in [-0.15, -0.1) is 0 Å². The first kappa shape index (κ1) is 23.4. The van der Waals surface area contributed by atoms with Crippen LogP contribution in [0.25, 0.3) is 0 Å². The first-order chi connectivity index (χ1) is 16.2. The van der Waals surface area contributed by atoms with Crippen LogP contribution in [-0.2, 0) is 4.79 Å². The van der Waals surface area contributed by atoms with Gasteiger partial charge in [-0.2, -0.15) is 0 Å². The van der Waals surface area contributed by atoms with E-state index in [1.807, 2.05) is 32.0 Å². The van der Waals surface area contributed by atoms with Gasteiger partial charge in [0.15, 0.2) is 5.78 Å². The second-order valence-corrected chi connectivity index (χ2v) is 9.43. The Hall–Kier alpha value is -3.74. The number of carbonyl (C=O) groups is 3. The van der Waals surface area contributed by atoms with Crippen molar-refractivity contribution in [2.75, 3.05) is 13.7 Å². The van der Waals surface area contributed by atoms with Crippen molar-refractivity contribution in [3.63, 3.8) is 0 Å². The Morgan fingerprint density at radius 3 is 2.35 bits per heavy atom. The van der Waals surface area contributed by atoms with Crippen molar-refractivity contribution in [2.24, 2.45) is 10.4 Å². The Labute approximate surface area is 198 Å². The van der Waals surface area contributed by atoms with E-state index in [0.29, 0.717) is 47.5 Å². The maximum Gasteiger partial charge on any atom is 0.261 e. The highest BCUT2D eigenvalue weighted by Gasteiger charge is 2.37. The number of methoxy groups -OCH3 is 1. The van der Waals surface area contributed by atoms with Gasteiger partial charge in [-0.05, 0) is 42.5 Å². The molecule has 0 aromatic heterocycles. The molecule has 0 radical (unpaired) electrons. The number of Topliss-reactive ketones (excluding diaryl/α,β-unsaturated/α-hetero) is 1. The number of amides is 2. The largest absolute Gasteiger partial charge is 0.511 e. The number of nitrogens with zero attached hydrogens (tertiary/aromatic N) is 2. The van der Waals surface area contributed by atoms with Crippen LogP contribution in [0.4, 0.5) is 5.69 Å². The molecule has 1 aliphatic carbocycles. The number of hydrogen-bond acceptors (Lipinski definition) is 6. The minimum absolute atomic E-state index is 0.0567. The molecule has 2 amide bonds. The highest BCUT2D eigenvalue weighted by molar-refractivity contribution is 6.25. The SMILES string of the molecule is COc1cccc(N=C2CC(C)(C)CC(=O)C2=C(O)CCCN2C(=O)c3ccccc3C2=O)c1. The number of fused-ring (bicyclic) bond motifs is 1. The summed E-state index contributed by atoms with van der Waals surface area (Å²) in [5.41, 5.74) is 1.92. The maximum absolute atomic E-state index is 13.0. The van der Waals surface area contributed by atoms with Crippen molar-refractivity contribution in [3.05, 3.63) is 71.0 Å². The van der Waals surface area contributed by atoms with E-state index in [0.717, 1.165) is 0 Å². The molecule has 0 spiro atoms. The molecular formula is C27H28N2O5. The number of carbonyl (C=O) groups excluding carboxylic acids is 3. The van der Waals surface area contributed by atoms with E-state index in [2.05, 4.69) is 0 Å². The van der Waals surface area contributed by atoms with E-state index < -0.39 is 0 Å². The van der Waals surface area contributed by atoms with Crippen LogP contribution in [0.15, 0.2) is 64.9 Å². The third-order valence-electron chi connectivity index (χ3n) is 6.13. The molecule has 1 heterocycles. The molecule has 176 valence electrons. The molecule has 0 atom stereocenters. The summed E-state index contributed by atoms with van der Waals surface area (Å²) < 4.78 is 5.27. The van der Waals surface area contributed by atoms with E-state index in [1.54, 1.807) is 37.4 Å². The Balaban J connectivity index is 1.54. The Kier molecular flexibility index (Phi) is 6.37. The molecule has 4 rings (SSSR count). The fourth-order valence-corrected chi connectivity index (χ4v) is 4.52. The maximum atomic E-state index is 13.0. The zero-order valence-electron chi connectivity index (χ0n) is 19.6. The highest BCUT2D eigenvalue weighted by atomic mass is 16.5. The van der Waals surface area contributed by atoms with Crippen molar-refractivity contribution < 1.29 is 24.2 Å². The molecule has 7 nitrogen and oxygen atoms in total. The van der Waals surface area contributed by atoms with Crippen LogP contribution in [0.1, 0.15) is 60.2 Å². The summed E-state index contributed by atoms with van der Waals surface area (Å²) in [6, 6.07) is 13.9. The number of benzene rings is 2. The average Bonchev–Trinajstić information content (AvgIpc) is 3.03. The summed E-state index contributed by atoms with van der Waals surface area (Å²) in [6.45, 7) is 4.16. The molecular weight excluding hydrogens is 432 g/mol. The lowest BCUT2D eigenvalue weighted by molar-refractivity contribution is -0.117. The molecule has 2 aromatic rings. The molecule has 2 aromatic carbocycles. The van der Waals surface area contributed by atoms with Gasteiger partial charge in [0.2, 0.25) is 0 Å². The molecule has 0 bridgehead atoms. The van der Waals surface area contributed by atoms with E-state index in [9.17, 15) is 19.5 Å². The topological polar surface area (TPSA) is 96.3 Å². The van der Waals surface area contributed by atoms with E-state index in [1.165, 1.54) is 4.90 Å². The van der Waals surface area contributed by atoms with E-state index >= 15 is 0 Å². The molecule has 7 heteroatoms. The van der Waals surface area contributed by atoms with Gasteiger partial charge in [0.1, 0.15) is 11.5 Å². The zero-order chi connectivity index (χ0) is 24.5. The quantitative estimate of drug-likeness (QED) is 0.370. The first-order valence-electron chi connectivity index (χ1n) is 11.3. The van der Waals surface area contributed by atoms with Crippen molar-refractivity contribution in [1.29, 1.82) is 0 Å². The molecule has 34 heavy (non-hydrogen) atoms. The number of imide groups is 1.